The van der Waals surface area contributed by atoms with Gasteiger partial charge in [0.15, 0.2) is 0 Å². The average Bonchev–Trinajstić information content (AvgIpc) is 2.70. The van der Waals surface area contributed by atoms with E-state index in [9.17, 15) is 4.79 Å². The van der Waals surface area contributed by atoms with Crippen LogP contribution in [0.15, 0.2) is 91.0 Å². The molecule has 0 N–H and O–H groups in total. The minimum atomic E-state index is -2.26. The molecule has 126 valence electrons. The van der Waals surface area contributed by atoms with E-state index in [1.54, 1.807) is 7.11 Å². The molecular formula is C22H21O2P. The highest BCUT2D eigenvalue weighted by molar-refractivity contribution is 7.96. The monoisotopic (exact) mass is 348 g/mol. The topological polar surface area (TPSA) is 26.3 Å². The van der Waals surface area contributed by atoms with Gasteiger partial charge >= 0.3 is 0 Å². The maximum Gasteiger partial charge on any atom is 0.149 e. The zero-order chi connectivity index (χ0) is 17.5. The first-order chi connectivity index (χ1) is 12.3. The average molecular weight is 348 g/mol. The summed E-state index contributed by atoms with van der Waals surface area (Å²) in [5.74, 6) is 0. The highest BCUT2D eigenvalue weighted by Gasteiger charge is 2.29. The summed E-state index contributed by atoms with van der Waals surface area (Å²) in [6, 6.07) is 30.9. The van der Waals surface area contributed by atoms with Gasteiger partial charge in [0.1, 0.15) is 6.29 Å². The van der Waals surface area contributed by atoms with Gasteiger partial charge in [-0.05, 0) is 22.8 Å². The van der Waals surface area contributed by atoms with E-state index in [-0.39, 0.29) is 0 Å². The van der Waals surface area contributed by atoms with Crippen LogP contribution in [0.1, 0.15) is 0 Å². The Bertz CT molecular complexity index is 768. The largest absolute Gasteiger partial charge is 0.380 e. The van der Waals surface area contributed by atoms with Gasteiger partial charge < -0.3 is 4.74 Å². The van der Waals surface area contributed by atoms with E-state index in [2.05, 4.69) is 36.4 Å². The van der Waals surface area contributed by atoms with Gasteiger partial charge in [-0.25, -0.2) is 0 Å². The van der Waals surface area contributed by atoms with Crippen LogP contribution in [0.5, 0.6) is 0 Å². The Kier molecular flexibility index (Phi) is 5.65. The molecule has 0 unspecified atom stereocenters. The first-order valence-electron chi connectivity index (χ1n) is 8.20. The molecule has 0 radical (unpaired) electrons. The van der Waals surface area contributed by atoms with Crippen molar-refractivity contribution < 1.29 is 9.53 Å². The van der Waals surface area contributed by atoms with Crippen LogP contribution in [-0.2, 0) is 9.53 Å². The number of carbonyl (C=O) groups excluding carboxylic acids is 1. The number of methoxy groups -OCH3 is 1. The molecule has 3 aromatic rings. The quantitative estimate of drug-likeness (QED) is 0.506. The van der Waals surface area contributed by atoms with E-state index in [4.69, 9.17) is 4.74 Å². The van der Waals surface area contributed by atoms with Gasteiger partial charge in [-0.2, -0.15) is 0 Å². The number of aldehydes is 1. The summed E-state index contributed by atoms with van der Waals surface area (Å²) >= 11 is 0. The Hall–Kier alpha value is -2.41. The number of hydrogen-bond acceptors (Lipinski definition) is 2. The molecule has 0 aromatic heterocycles. The van der Waals surface area contributed by atoms with E-state index < -0.39 is 6.89 Å². The standard InChI is InChI=1S/C22H21O2P/c1-24-18-22(17-23)25(19-11-5-2-6-12-19,20-13-7-3-8-14-20)21-15-9-4-10-16-21/h2-17H,18H2,1H3. The van der Waals surface area contributed by atoms with E-state index >= 15 is 0 Å². The Balaban J connectivity index is 2.51. The minimum absolute atomic E-state index is 0.315. The van der Waals surface area contributed by atoms with Crippen molar-refractivity contribution in [3.8, 4) is 0 Å². The van der Waals surface area contributed by atoms with E-state index in [0.717, 1.165) is 27.5 Å². The summed E-state index contributed by atoms with van der Waals surface area (Å²) in [5.41, 5.74) is 0. The molecule has 0 aliphatic heterocycles. The number of carbonyl (C=O) groups is 1. The van der Waals surface area contributed by atoms with Crippen molar-refractivity contribution in [2.24, 2.45) is 0 Å². The van der Waals surface area contributed by atoms with Gasteiger partial charge in [0.05, 0.1) is 6.61 Å². The smallest absolute Gasteiger partial charge is 0.149 e. The van der Waals surface area contributed by atoms with Crippen molar-refractivity contribution in [2.45, 2.75) is 0 Å². The summed E-state index contributed by atoms with van der Waals surface area (Å²) in [4.78, 5) is 12.2. The van der Waals surface area contributed by atoms with Crippen LogP contribution in [0, 0.1) is 0 Å². The maximum absolute atomic E-state index is 12.2. The van der Waals surface area contributed by atoms with E-state index in [0.29, 0.717) is 6.61 Å². The first-order valence-corrected chi connectivity index (χ1v) is 9.99. The predicted molar refractivity (Wildman–Crippen MR) is 108 cm³/mol. The van der Waals surface area contributed by atoms with Gasteiger partial charge in [0, 0.05) is 12.4 Å². The van der Waals surface area contributed by atoms with Gasteiger partial charge in [-0.3, -0.25) is 4.79 Å². The van der Waals surface area contributed by atoms with Crippen molar-refractivity contribution in [3.05, 3.63) is 91.0 Å². The molecule has 0 aliphatic rings. The third-order valence-corrected chi connectivity index (χ3v) is 8.60. The predicted octanol–water partition coefficient (Wildman–Crippen LogP) is 3.00. The molecule has 0 saturated heterocycles. The lowest BCUT2D eigenvalue weighted by Gasteiger charge is -2.31. The lowest BCUT2D eigenvalue weighted by atomic mass is 10.4. The van der Waals surface area contributed by atoms with E-state index in [1.807, 2.05) is 54.6 Å². The summed E-state index contributed by atoms with van der Waals surface area (Å²) in [5, 5.41) is 4.27. The fraction of sp³-hybridized carbons (Fsp3) is 0.0909. The molecule has 25 heavy (non-hydrogen) atoms. The lowest BCUT2D eigenvalue weighted by molar-refractivity contribution is -0.102. The van der Waals surface area contributed by atoms with Crippen molar-refractivity contribution in [1.82, 2.24) is 0 Å². The number of hydrogen-bond donors (Lipinski definition) is 0. The van der Waals surface area contributed by atoms with Gasteiger partial charge in [0.2, 0.25) is 0 Å². The molecule has 0 bridgehead atoms. The molecule has 0 heterocycles. The fourth-order valence-electron chi connectivity index (χ4n) is 3.26. The van der Waals surface area contributed by atoms with E-state index in [1.165, 1.54) is 0 Å². The van der Waals surface area contributed by atoms with Gasteiger partial charge in [-0.1, -0.05) is 91.0 Å². The molecule has 3 heteroatoms. The molecule has 0 aliphatic carbocycles. The molecule has 0 amide bonds. The third kappa shape index (κ3) is 3.24. The second kappa shape index (κ2) is 8.11. The summed E-state index contributed by atoms with van der Waals surface area (Å²) in [6.07, 6.45) is 0.990. The zero-order valence-corrected chi connectivity index (χ0v) is 15.1. The Morgan fingerprint density at radius 2 is 1.12 bits per heavy atom. The summed E-state index contributed by atoms with van der Waals surface area (Å²) in [7, 11) is 1.64. The summed E-state index contributed by atoms with van der Waals surface area (Å²) in [6.45, 7) is -1.94. The zero-order valence-electron chi connectivity index (χ0n) is 14.2. The molecule has 0 atom stereocenters. The number of ether oxygens (including phenoxy) is 1. The van der Waals surface area contributed by atoms with Crippen molar-refractivity contribution in [3.63, 3.8) is 0 Å². The van der Waals surface area contributed by atoms with Crippen molar-refractivity contribution in [1.29, 1.82) is 0 Å². The SMILES string of the molecule is COCC(C=O)=P(c1ccccc1)(c1ccccc1)c1ccccc1. The molecule has 3 rings (SSSR count). The van der Waals surface area contributed by atoms with Gasteiger partial charge in [0.25, 0.3) is 0 Å². The van der Waals surface area contributed by atoms with Crippen LogP contribution >= 0.6 is 6.89 Å². The Morgan fingerprint density at radius 1 is 0.760 bits per heavy atom. The second-order valence-corrected chi connectivity index (χ2v) is 9.18. The van der Waals surface area contributed by atoms with Crippen LogP contribution in [-0.4, -0.2) is 25.3 Å². The Morgan fingerprint density at radius 3 is 1.40 bits per heavy atom. The molecule has 3 aromatic carbocycles. The molecule has 2 nitrogen and oxygen atoms in total. The van der Waals surface area contributed by atoms with Crippen LogP contribution in [0.4, 0.5) is 0 Å². The summed E-state index contributed by atoms with van der Waals surface area (Å²) < 4.78 is 5.42. The van der Waals surface area contributed by atoms with Crippen LogP contribution in [0.3, 0.4) is 0 Å². The molecule has 0 fully saturated rings. The highest BCUT2D eigenvalue weighted by Crippen LogP contribution is 2.45. The molecular weight excluding hydrogens is 327 g/mol. The van der Waals surface area contributed by atoms with Crippen LogP contribution in [0.25, 0.3) is 0 Å². The molecule has 0 saturated carbocycles. The molecule has 0 spiro atoms. The lowest BCUT2D eigenvalue weighted by Crippen LogP contribution is -2.32. The van der Waals surface area contributed by atoms with Crippen molar-refractivity contribution >= 4 is 34.4 Å². The Labute approximate surface area is 149 Å². The van der Waals surface area contributed by atoms with Gasteiger partial charge in [-0.15, -0.1) is 0 Å². The van der Waals surface area contributed by atoms with Crippen LogP contribution in [0.2, 0.25) is 0 Å². The minimum Gasteiger partial charge on any atom is -0.380 e. The van der Waals surface area contributed by atoms with Crippen molar-refractivity contribution in [2.75, 3.05) is 13.7 Å². The second-order valence-electron chi connectivity index (χ2n) is 5.72. The highest BCUT2D eigenvalue weighted by atomic mass is 31.2. The maximum atomic E-state index is 12.2. The van der Waals surface area contributed by atoms with Crippen LogP contribution < -0.4 is 15.9 Å². The fourth-order valence-corrected chi connectivity index (χ4v) is 7.49. The third-order valence-electron chi connectivity index (χ3n) is 4.29. The normalized spacial score (nSPS) is 11.1. The number of benzene rings is 3. The first kappa shape index (κ1) is 17.4. The number of rotatable bonds is 6.